The molecule has 0 saturated carbocycles. The Morgan fingerprint density at radius 3 is 3.20 bits per heavy atom. The van der Waals surface area contributed by atoms with Gasteiger partial charge < -0.3 is 10.4 Å². The lowest BCUT2D eigenvalue weighted by Gasteiger charge is -2.29. The van der Waals surface area contributed by atoms with Gasteiger partial charge in [-0.3, -0.25) is 4.90 Å². The molecule has 2 rings (SSSR count). The van der Waals surface area contributed by atoms with Gasteiger partial charge in [0, 0.05) is 32.2 Å². The first-order valence-corrected chi connectivity index (χ1v) is 3.99. The Kier molecular flexibility index (Phi) is 1.64. The van der Waals surface area contributed by atoms with Crippen LogP contribution in [0.1, 0.15) is 6.42 Å². The van der Waals surface area contributed by atoms with Gasteiger partial charge in [-0.15, -0.1) is 0 Å². The maximum absolute atomic E-state index is 9.29. The van der Waals surface area contributed by atoms with Crippen LogP contribution in [0.2, 0.25) is 0 Å². The van der Waals surface area contributed by atoms with Crippen LogP contribution in [-0.4, -0.2) is 48.3 Å². The highest BCUT2D eigenvalue weighted by molar-refractivity contribution is 4.89. The standard InChI is InChI=1S/C7H14N2O/c10-7-3-6-4-8-1-2-9(6)5-7/h6-8,10H,1-5H2/t6?,7-/m1/s1. The average Bonchev–Trinajstić information content (AvgIpc) is 2.27. The Morgan fingerprint density at radius 1 is 1.50 bits per heavy atom. The van der Waals surface area contributed by atoms with Crippen molar-refractivity contribution < 1.29 is 5.11 Å². The van der Waals surface area contributed by atoms with E-state index in [4.69, 9.17) is 0 Å². The molecule has 10 heavy (non-hydrogen) atoms. The van der Waals surface area contributed by atoms with E-state index in [9.17, 15) is 5.11 Å². The quantitative estimate of drug-likeness (QED) is 0.456. The van der Waals surface area contributed by atoms with Gasteiger partial charge in [-0.25, -0.2) is 0 Å². The molecule has 2 heterocycles. The summed E-state index contributed by atoms with van der Waals surface area (Å²) < 4.78 is 0. The number of fused-ring (bicyclic) bond motifs is 1. The summed E-state index contributed by atoms with van der Waals surface area (Å²) in [5.41, 5.74) is 0. The summed E-state index contributed by atoms with van der Waals surface area (Å²) in [6.45, 7) is 4.16. The highest BCUT2D eigenvalue weighted by Gasteiger charge is 2.31. The maximum Gasteiger partial charge on any atom is 0.0682 e. The summed E-state index contributed by atoms with van der Waals surface area (Å²) in [4.78, 5) is 2.38. The molecule has 2 aliphatic heterocycles. The fraction of sp³-hybridized carbons (Fsp3) is 1.00. The summed E-state index contributed by atoms with van der Waals surface area (Å²) in [5.74, 6) is 0. The van der Waals surface area contributed by atoms with Crippen molar-refractivity contribution in [2.75, 3.05) is 26.2 Å². The minimum atomic E-state index is -0.0649. The lowest BCUT2D eigenvalue weighted by Crippen LogP contribution is -2.47. The molecule has 1 unspecified atom stereocenters. The molecule has 0 aliphatic carbocycles. The van der Waals surface area contributed by atoms with E-state index in [1.807, 2.05) is 0 Å². The van der Waals surface area contributed by atoms with Crippen molar-refractivity contribution in [2.45, 2.75) is 18.6 Å². The van der Waals surface area contributed by atoms with Gasteiger partial charge in [0.25, 0.3) is 0 Å². The number of nitrogens with one attached hydrogen (secondary N) is 1. The van der Waals surface area contributed by atoms with Gasteiger partial charge in [0.2, 0.25) is 0 Å². The van der Waals surface area contributed by atoms with Crippen LogP contribution in [0.25, 0.3) is 0 Å². The van der Waals surface area contributed by atoms with E-state index in [0.29, 0.717) is 6.04 Å². The van der Waals surface area contributed by atoms with E-state index in [0.717, 1.165) is 32.6 Å². The van der Waals surface area contributed by atoms with Crippen molar-refractivity contribution in [3.05, 3.63) is 0 Å². The molecule has 0 radical (unpaired) electrons. The SMILES string of the molecule is O[C@@H]1CC2CNCCN2C1. The molecule has 2 saturated heterocycles. The zero-order chi connectivity index (χ0) is 6.97. The third kappa shape index (κ3) is 1.05. The third-order valence-corrected chi connectivity index (χ3v) is 2.46. The number of hydrogen-bond acceptors (Lipinski definition) is 3. The number of piperazine rings is 1. The van der Waals surface area contributed by atoms with E-state index in [-0.39, 0.29) is 6.10 Å². The second kappa shape index (κ2) is 2.49. The molecule has 2 atom stereocenters. The van der Waals surface area contributed by atoms with Crippen LogP contribution in [0.3, 0.4) is 0 Å². The molecular formula is C7H14N2O. The first kappa shape index (κ1) is 6.58. The van der Waals surface area contributed by atoms with Crippen molar-refractivity contribution >= 4 is 0 Å². The van der Waals surface area contributed by atoms with Crippen LogP contribution in [0.4, 0.5) is 0 Å². The van der Waals surface area contributed by atoms with Gasteiger partial charge in [0.15, 0.2) is 0 Å². The second-order valence-corrected chi connectivity index (χ2v) is 3.24. The summed E-state index contributed by atoms with van der Waals surface area (Å²) >= 11 is 0. The second-order valence-electron chi connectivity index (χ2n) is 3.24. The van der Waals surface area contributed by atoms with Crippen molar-refractivity contribution in [2.24, 2.45) is 0 Å². The number of aliphatic hydroxyl groups excluding tert-OH is 1. The molecule has 2 fully saturated rings. The average molecular weight is 142 g/mol. The van der Waals surface area contributed by atoms with Crippen molar-refractivity contribution in [3.63, 3.8) is 0 Å². The Balaban J connectivity index is 1.97. The smallest absolute Gasteiger partial charge is 0.0682 e. The normalized spacial score (nSPS) is 41.7. The predicted octanol–water partition coefficient (Wildman–Crippen LogP) is -0.975. The number of nitrogens with zero attached hydrogens (tertiary/aromatic N) is 1. The number of hydrogen-bond donors (Lipinski definition) is 2. The highest BCUT2D eigenvalue weighted by atomic mass is 16.3. The summed E-state index contributed by atoms with van der Waals surface area (Å²) in [7, 11) is 0. The van der Waals surface area contributed by atoms with E-state index >= 15 is 0 Å². The summed E-state index contributed by atoms with van der Waals surface area (Å²) in [5, 5.41) is 12.6. The van der Waals surface area contributed by atoms with Gasteiger partial charge in [-0.05, 0) is 6.42 Å². The molecule has 58 valence electrons. The largest absolute Gasteiger partial charge is 0.392 e. The fourth-order valence-corrected chi connectivity index (χ4v) is 1.94. The van der Waals surface area contributed by atoms with Crippen LogP contribution < -0.4 is 5.32 Å². The fourth-order valence-electron chi connectivity index (χ4n) is 1.94. The molecule has 0 bridgehead atoms. The zero-order valence-corrected chi connectivity index (χ0v) is 6.08. The Bertz CT molecular complexity index is 115. The van der Waals surface area contributed by atoms with Crippen LogP contribution in [0, 0.1) is 0 Å². The molecule has 0 aromatic heterocycles. The Labute approximate surface area is 61.0 Å². The molecule has 2 N–H and O–H groups in total. The third-order valence-electron chi connectivity index (χ3n) is 2.46. The van der Waals surface area contributed by atoms with Crippen LogP contribution >= 0.6 is 0 Å². The molecular weight excluding hydrogens is 128 g/mol. The van der Waals surface area contributed by atoms with E-state index in [2.05, 4.69) is 10.2 Å². The number of rotatable bonds is 0. The Morgan fingerprint density at radius 2 is 2.40 bits per heavy atom. The first-order valence-electron chi connectivity index (χ1n) is 3.99. The van der Waals surface area contributed by atoms with E-state index in [1.54, 1.807) is 0 Å². The van der Waals surface area contributed by atoms with Crippen LogP contribution in [0.5, 0.6) is 0 Å². The highest BCUT2D eigenvalue weighted by Crippen LogP contribution is 2.18. The van der Waals surface area contributed by atoms with Gasteiger partial charge in [0.1, 0.15) is 0 Å². The molecule has 0 aromatic rings. The lowest BCUT2D eigenvalue weighted by atomic mass is 10.2. The molecule has 2 aliphatic rings. The lowest BCUT2D eigenvalue weighted by molar-refractivity contribution is 0.170. The summed E-state index contributed by atoms with van der Waals surface area (Å²) in [6.07, 6.45) is 0.900. The van der Waals surface area contributed by atoms with Gasteiger partial charge in [-0.1, -0.05) is 0 Å². The first-order chi connectivity index (χ1) is 4.86. The predicted molar refractivity (Wildman–Crippen MR) is 38.9 cm³/mol. The molecule has 3 heteroatoms. The molecule has 3 nitrogen and oxygen atoms in total. The molecule has 0 spiro atoms. The van der Waals surface area contributed by atoms with Crippen molar-refractivity contribution in [1.82, 2.24) is 10.2 Å². The van der Waals surface area contributed by atoms with E-state index in [1.165, 1.54) is 0 Å². The van der Waals surface area contributed by atoms with Gasteiger partial charge in [-0.2, -0.15) is 0 Å². The molecule has 0 aromatic carbocycles. The van der Waals surface area contributed by atoms with Crippen molar-refractivity contribution in [1.29, 1.82) is 0 Å². The zero-order valence-electron chi connectivity index (χ0n) is 6.08. The molecule has 0 amide bonds. The topological polar surface area (TPSA) is 35.5 Å². The van der Waals surface area contributed by atoms with E-state index < -0.39 is 0 Å². The van der Waals surface area contributed by atoms with Crippen LogP contribution in [-0.2, 0) is 0 Å². The number of aliphatic hydroxyl groups is 1. The summed E-state index contributed by atoms with van der Waals surface area (Å²) in [6, 6.07) is 0.615. The maximum atomic E-state index is 9.29. The minimum absolute atomic E-state index is 0.0649. The van der Waals surface area contributed by atoms with Crippen molar-refractivity contribution in [3.8, 4) is 0 Å². The van der Waals surface area contributed by atoms with Gasteiger partial charge >= 0.3 is 0 Å². The monoisotopic (exact) mass is 142 g/mol. The van der Waals surface area contributed by atoms with Crippen LogP contribution in [0.15, 0.2) is 0 Å². The van der Waals surface area contributed by atoms with Gasteiger partial charge in [0.05, 0.1) is 6.10 Å². The Hall–Kier alpha value is -0.120. The minimum Gasteiger partial charge on any atom is -0.392 e.